The van der Waals surface area contributed by atoms with Gasteiger partial charge in [0.25, 0.3) is 0 Å². The van der Waals surface area contributed by atoms with Gasteiger partial charge in [-0.15, -0.1) is 0 Å². The lowest BCUT2D eigenvalue weighted by Gasteiger charge is -2.17. The molecule has 1 saturated carbocycles. The molecule has 0 saturated heterocycles. The van der Waals surface area contributed by atoms with Gasteiger partial charge in [-0.3, -0.25) is 0 Å². The van der Waals surface area contributed by atoms with Gasteiger partial charge in [-0.05, 0) is 48.8 Å². The minimum atomic E-state index is 0.137. The molecule has 2 heteroatoms. The number of aliphatic hydroxyl groups excluding tert-OH is 1. The van der Waals surface area contributed by atoms with Crippen molar-refractivity contribution in [3.8, 4) is 0 Å². The Labute approximate surface area is 96.7 Å². The van der Waals surface area contributed by atoms with Crippen molar-refractivity contribution >= 4 is 0 Å². The molecule has 0 spiro atoms. The molecule has 0 bridgehead atoms. The summed E-state index contributed by atoms with van der Waals surface area (Å²) in [6, 6.07) is 7.50. The van der Waals surface area contributed by atoms with Crippen LogP contribution in [0.15, 0.2) is 18.2 Å². The van der Waals surface area contributed by atoms with Crippen molar-refractivity contribution in [2.75, 3.05) is 6.61 Å². The summed E-state index contributed by atoms with van der Waals surface area (Å²) in [4.78, 5) is 0. The number of hydrogen-bond donors (Lipinski definition) is 2. The van der Waals surface area contributed by atoms with E-state index in [0.29, 0.717) is 6.04 Å². The summed E-state index contributed by atoms with van der Waals surface area (Å²) in [5, 5.41) is 12.9. The van der Waals surface area contributed by atoms with E-state index in [2.05, 4.69) is 23.5 Å². The highest BCUT2D eigenvalue weighted by molar-refractivity contribution is 5.36. The maximum atomic E-state index is 9.44. The summed E-state index contributed by atoms with van der Waals surface area (Å²) in [7, 11) is 0. The minimum absolute atomic E-state index is 0.137. The quantitative estimate of drug-likeness (QED) is 0.808. The maximum absolute atomic E-state index is 9.44. The lowest BCUT2D eigenvalue weighted by Crippen LogP contribution is -2.26. The van der Waals surface area contributed by atoms with Crippen molar-refractivity contribution in [1.82, 2.24) is 5.32 Å². The molecule has 0 radical (unpaired) electrons. The molecule has 2 N–H and O–H groups in total. The molecule has 0 amide bonds. The highest BCUT2D eigenvalue weighted by Crippen LogP contribution is 2.28. The van der Waals surface area contributed by atoms with Crippen molar-refractivity contribution in [2.24, 2.45) is 0 Å². The molecule has 1 aromatic carbocycles. The van der Waals surface area contributed by atoms with E-state index in [1.807, 2.05) is 0 Å². The topological polar surface area (TPSA) is 32.3 Å². The van der Waals surface area contributed by atoms with Gasteiger partial charge < -0.3 is 10.4 Å². The Morgan fingerprint density at radius 1 is 1.25 bits per heavy atom. The Bertz CT molecular complexity index is 384. The molecule has 0 heterocycles. The number of nitrogens with one attached hydrogen (secondary N) is 1. The molecule has 1 unspecified atom stereocenters. The van der Waals surface area contributed by atoms with Gasteiger partial charge in [-0.2, -0.15) is 0 Å². The van der Waals surface area contributed by atoms with Crippen LogP contribution in [0.3, 0.4) is 0 Å². The number of rotatable bonds is 4. The van der Waals surface area contributed by atoms with E-state index in [0.717, 1.165) is 0 Å². The van der Waals surface area contributed by atoms with Crippen LogP contribution in [0.1, 0.15) is 42.0 Å². The van der Waals surface area contributed by atoms with E-state index >= 15 is 0 Å². The number of aryl methyl sites for hydroxylation is 2. The summed E-state index contributed by atoms with van der Waals surface area (Å²) in [6.07, 6.45) is 6.27. The van der Waals surface area contributed by atoms with Crippen molar-refractivity contribution in [2.45, 2.75) is 44.2 Å². The van der Waals surface area contributed by atoms with Crippen molar-refractivity contribution in [1.29, 1.82) is 0 Å². The van der Waals surface area contributed by atoms with E-state index in [1.165, 1.54) is 48.8 Å². The van der Waals surface area contributed by atoms with Crippen molar-refractivity contribution in [3.05, 3.63) is 34.9 Å². The van der Waals surface area contributed by atoms with Crippen LogP contribution in [0.5, 0.6) is 0 Å². The first-order valence-electron chi connectivity index (χ1n) is 6.35. The van der Waals surface area contributed by atoms with E-state index in [1.54, 1.807) is 0 Å². The molecule has 2 aliphatic carbocycles. The molecular formula is C14H19NO. The van der Waals surface area contributed by atoms with Gasteiger partial charge in [-0.1, -0.05) is 18.2 Å². The summed E-state index contributed by atoms with van der Waals surface area (Å²) in [5.74, 6) is 0. The first kappa shape index (κ1) is 10.3. The predicted molar refractivity (Wildman–Crippen MR) is 64.5 cm³/mol. The number of benzene rings is 1. The largest absolute Gasteiger partial charge is 0.394 e. The van der Waals surface area contributed by atoms with Gasteiger partial charge in [0, 0.05) is 6.04 Å². The van der Waals surface area contributed by atoms with Crippen LogP contribution in [0.25, 0.3) is 0 Å². The molecule has 1 fully saturated rings. The van der Waals surface area contributed by atoms with Gasteiger partial charge >= 0.3 is 0 Å². The molecule has 2 nitrogen and oxygen atoms in total. The van der Waals surface area contributed by atoms with Gasteiger partial charge in [0.1, 0.15) is 0 Å². The molecule has 2 aliphatic rings. The maximum Gasteiger partial charge on any atom is 0.0626 e. The zero-order valence-electron chi connectivity index (χ0n) is 9.58. The van der Waals surface area contributed by atoms with Crippen molar-refractivity contribution < 1.29 is 5.11 Å². The molecule has 0 aliphatic heterocycles. The fourth-order valence-corrected chi connectivity index (χ4v) is 2.60. The summed E-state index contributed by atoms with van der Waals surface area (Å²) >= 11 is 0. The third-order valence-corrected chi connectivity index (χ3v) is 3.72. The Kier molecular flexibility index (Phi) is 2.70. The minimum Gasteiger partial charge on any atom is -0.394 e. The van der Waals surface area contributed by atoms with Gasteiger partial charge in [-0.25, -0.2) is 0 Å². The third-order valence-electron chi connectivity index (χ3n) is 3.72. The van der Waals surface area contributed by atoms with Gasteiger partial charge in [0.15, 0.2) is 0 Å². The van der Waals surface area contributed by atoms with Crippen molar-refractivity contribution in [3.63, 3.8) is 0 Å². The Hall–Kier alpha value is -0.860. The molecule has 0 aromatic heterocycles. The average molecular weight is 217 g/mol. The second kappa shape index (κ2) is 4.19. The van der Waals surface area contributed by atoms with Crippen LogP contribution < -0.4 is 5.32 Å². The first-order valence-corrected chi connectivity index (χ1v) is 6.35. The third kappa shape index (κ3) is 2.00. The molecule has 16 heavy (non-hydrogen) atoms. The van der Waals surface area contributed by atoms with Crippen LogP contribution in [0.4, 0.5) is 0 Å². The lowest BCUT2D eigenvalue weighted by molar-refractivity contribution is 0.243. The molecule has 3 rings (SSSR count). The van der Waals surface area contributed by atoms with Crippen LogP contribution in [0, 0.1) is 0 Å². The van der Waals surface area contributed by atoms with Gasteiger partial charge in [0.2, 0.25) is 0 Å². The average Bonchev–Trinajstić information content (AvgIpc) is 3.01. The van der Waals surface area contributed by atoms with Crippen LogP contribution in [0.2, 0.25) is 0 Å². The molecular weight excluding hydrogens is 198 g/mol. The highest BCUT2D eigenvalue weighted by atomic mass is 16.3. The Balaban J connectivity index is 1.80. The van der Waals surface area contributed by atoms with Crippen LogP contribution in [-0.2, 0) is 12.8 Å². The number of fused-ring (bicyclic) bond motifs is 1. The highest BCUT2D eigenvalue weighted by Gasteiger charge is 2.25. The fourth-order valence-electron chi connectivity index (χ4n) is 2.60. The molecule has 1 aromatic rings. The van der Waals surface area contributed by atoms with E-state index in [4.69, 9.17) is 0 Å². The SMILES string of the molecule is OCC(NC1CC1)c1ccc2c(c1)CCC2. The molecule has 1 atom stereocenters. The fraction of sp³-hybridized carbons (Fsp3) is 0.571. The smallest absolute Gasteiger partial charge is 0.0626 e. The van der Waals surface area contributed by atoms with Gasteiger partial charge in [0.05, 0.1) is 12.6 Å². The predicted octanol–water partition coefficient (Wildman–Crippen LogP) is 1.96. The normalized spacial score (nSPS) is 20.8. The lowest BCUT2D eigenvalue weighted by atomic mass is 10.0. The number of aliphatic hydroxyl groups is 1. The second-order valence-corrected chi connectivity index (χ2v) is 5.06. The monoisotopic (exact) mass is 217 g/mol. The van der Waals surface area contributed by atoms with E-state index < -0.39 is 0 Å². The first-order chi connectivity index (χ1) is 7.86. The van der Waals surface area contributed by atoms with Crippen LogP contribution >= 0.6 is 0 Å². The Morgan fingerprint density at radius 3 is 2.81 bits per heavy atom. The standard InChI is InChI=1S/C14H19NO/c16-9-14(15-13-6-7-13)12-5-4-10-2-1-3-11(10)8-12/h4-5,8,13-16H,1-3,6-7,9H2. The van der Waals surface area contributed by atoms with E-state index in [-0.39, 0.29) is 12.6 Å². The zero-order chi connectivity index (χ0) is 11.0. The number of hydrogen-bond acceptors (Lipinski definition) is 2. The molecule has 86 valence electrons. The summed E-state index contributed by atoms with van der Waals surface area (Å²) < 4.78 is 0. The zero-order valence-corrected chi connectivity index (χ0v) is 9.58. The van der Waals surface area contributed by atoms with Crippen LogP contribution in [-0.4, -0.2) is 17.8 Å². The Morgan fingerprint density at radius 2 is 2.06 bits per heavy atom. The van der Waals surface area contributed by atoms with E-state index in [9.17, 15) is 5.11 Å². The summed E-state index contributed by atoms with van der Waals surface area (Å²) in [6.45, 7) is 0.204. The second-order valence-electron chi connectivity index (χ2n) is 5.06. The summed E-state index contributed by atoms with van der Waals surface area (Å²) in [5.41, 5.74) is 4.26.